The topological polar surface area (TPSA) is 83.4 Å². The number of thioether (sulfide) groups is 1. The van der Waals surface area contributed by atoms with Gasteiger partial charge >= 0.3 is 0 Å². The van der Waals surface area contributed by atoms with Crippen LogP contribution in [0.15, 0.2) is 58.6 Å². The van der Waals surface area contributed by atoms with E-state index in [1.165, 1.54) is 11.8 Å². The van der Waals surface area contributed by atoms with E-state index in [1.807, 2.05) is 18.2 Å². The summed E-state index contributed by atoms with van der Waals surface area (Å²) < 4.78 is 0. The number of benzene rings is 2. The zero-order valence-electron chi connectivity index (χ0n) is 15.6. The Kier molecular flexibility index (Phi) is 5.76. The summed E-state index contributed by atoms with van der Waals surface area (Å²) >= 11 is 13.5. The van der Waals surface area contributed by atoms with Crippen LogP contribution in [0.1, 0.15) is 15.9 Å². The molecular formula is C21H14Cl2N4O2S. The van der Waals surface area contributed by atoms with Crippen molar-refractivity contribution in [1.29, 1.82) is 0 Å². The molecule has 9 heteroatoms. The lowest BCUT2D eigenvalue weighted by molar-refractivity contribution is -0.115. The van der Waals surface area contributed by atoms with Crippen LogP contribution < -0.4 is 10.6 Å². The van der Waals surface area contributed by atoms with Gasteiger partial charge in [-0.3, -0.25) is 14.6 Å². The van der Waals surface area contributed by atoms with Crippen LogP contribution in [0.25, 0.3) is 17.0 Å². The predicted octanol–water partition coefficient (Wildman–Crippen LogP) is 4.79. The lowest BCUT2D eigenvalue weighted by atomic mass is 10.1. The quantitative estimate of drug-likeness (QED) is 0.554. The van der Waals surface area contributed by atoms with Gasteiger partial charge in [0, 0.05) is 18.6 Å². The maximum atomic E-state index is 12.4. The fraction of sp³-hybridized carbons (Fsp3) is 0.0476. The summed E-state index contributed by atoms with van der Waals surface area (Å²) in [6.45, 7) is 0. The van der Waals surface area contributed by atoms with E-state index in [9.17, 15) is 9.59 Å². The van der Waals surface area contributed by atoms with Crippen LogP contribution in [0.2, 0.25) is 10.0 Å². The number of carbonyl (C=O) groups excluding carboxylic acids is 2. The van der Waals surface area contributed by atoms with Crippen molar-refractivity contribution >= 4 is 74.6 Å². The average Bonchev–Trinajstić information content (AvgIpc) is 3.08. The molecule has 1 aliphatic rings. The molecular weight excluding hydrogens is 443 g/mol. The summed E-state index contributed by atoms with van der Waals surface area (Å²) in [5.41, 5.74) is 2.37. The molecule has 150 valence electrons. The van der Waals surface area contributed by atoms with Gasteiger partial charge < -0.3 is 10.6 Å². The summed E-state index contributed by atoms with van der Waals surface area (Å²) in [5.74, 6) is -0.481. The fourth-order valence-corrected chi connectivity index (χ4v) is 4.23. The van der Waals surface area contributed by atoms with Crippen molar-refractivity contribution in [2.75, 3.05) is 7.05 Å². The Balaban J connectivity index is 1.68. The number of aromatic nitrogens is 1. The van der Waals surface area contributed by atoms with Gasteiger partial charge in [0.1, 0.15) is 5.69 Å². The number of para-hydroxylation sites is 1. The minimum absolute atomic E-state index is 0.203. The third-order valence-electron chi connectivity index (χ3n) is 4.34. The lowest BCUT2D eigenvalue weighted by Crippen LogP contribution is -2.19. The van der Waals surface area contributed by atoms with Gasteiger partial charge in [0.25, 0.3) is 11.8 Å². The standard InChI is InChI=1S/C21H14Cl2N4O2S/c1-24-19(28)12-7-8-25-16-6-5-11(9-13(12)16)10-17-20(29)27-21(30-17)26-18-14(22)3-2-4-15(18)23/h2-10H,1H3,(H,24,28)(H,26,27,29)/b17-10+. The Hall–Kier alpha value is -2.87. The van der Waals surface area contributed by atoms with Crippen molar-refractivity contribution < 1.29 is 9.59 Å². The molecule has 3 aromatic rings. The first-order valence-corrected chi connectivity index (χ1v) is 10.4. The zero-order chi connectivity index (χ0) is 21.3. The summed E-state index contributed by atoms with van der Waals surface area (Å²) in [4.78, 5) is 33.7. The molecule has 2 heterocycles. The maximum Gasteiger partial charge on any atom is 0.264 e. The highest BCUT2D eigenvalue weighted by Crippen LogP contribution is 2.35. The van der Waals surface area contributed by atoms with E-state index in [2.05, 4.69) is 20.6 Å². The van der Waals surface area contributed by atoms with Crippen LogP contribution in [0.4, 0.5) is 5.69 Å². The number of halogens is 2. The number of pyridine rings is 1. The van der Waals surface area contributed by atoms with Crippen molar-refractivity contribution in [2.24, 2.45) is 4.99 Å². The van der Waals surface area contributed by atoms with Crippen LogP contribution in [-0.4, -0.2) is 29.0 Å². The number of nitrogens with zero attached hydrogens (tertiary/aromatic N) is 2. The highest BCUT2D eigenvalue weighted by molar-refractivity contribution is 8.18. The molecule has 1 aliphatic heterocycles. The van der Waals surface area contributed by atoms with Gasteiger partial charge in [-0.15, -0.1) is 0 Å². The Labute approximate surface area is 186 Å². The van der Waals surface area contributed by atoms with Crippen molar-refractivity contribution in [3.05, 3.63) is 74.7 Å². The normalized spacial score (nSPS) is 16.3. The molecule has 2 amide bonds. The molecule has 1 fully saturated rings. The number of carbonyl (C=O) groups is 2. The summed E-state index contributed by atoms with van der Waals surface area (Å²) in [7, 11) is 1.58. The first-order valence-electron chi connectivity index (χ1n) is 8.80. The summed E-state index contributed by atoms with van der Waals surface area (Å²) in [5, 5.41) is 7.21. The molecule has 6 nitrogen and oxygen atoms in total. The second kappa shape index (κ2) is 8.47. The smallest absolute Gasteiger partial charge is 0.264 e. The molecule has 4 rings (SSSR count). The van der Waals surface area contributed by atoms with Crippen LogP contribution in [0.3, 0.4) is 0 Å². The highest BCUT2D eigenvalue weighted by atomic mass is 35.5. The zero-order valence-corrected chi connectivity index (χ0v) is 17.9. The molecule has 30 heavy (non-hydrogen) atoms. The van der Waals surface area contributed by atoms with E-state index in [0.29, 0.717) is 42.3 Å². The van der Waals surface area contributed by atoms with Gasteiger partial charge in [0.15, 0.2) is 5.17 Å². The van der Waals surface area contributed by atoms with E-state index >= 15 is 0 Å². The van der Waals surface area contributed by atoms with E-state index in [1.54, 1.807) is 43.6 Å². The van der Waals surface area contributed by atoms with E-state index < -0.39 is 0 Å². The molecule has 0 unspecified atom stereocenters. The number of rotatable bonds is 3. The van der Waals surface area contributed by atoms with Gasteiger partial charge in [-0.25, -0.2) is 4.99 Å². The molecule has 0 atom stereocenters. The van der Waals surface area contributed by atoms with Crippen LogP contribution in [0, 0.1) is 0 Å². The van der Waals surface area contributed by atoms with Crippen molar-refractivity contribution in [1.82, 2.24) is 15.6 Å². The largest absolute Gasteiger partial charge is 0.355 e. The summed E-state index contributed by atoms with van der Waals surface area (Å²) in [6, 6.07) is 12.2. The van der Waals surface area contributed by atoms with Gasteiger partial charge in [0.05, 0.1) is 26.0 Å². The molecule has 0 saturated carbocycles. The number of hydrogen-bond acceptors (Lipinski definition) is 5. The first kappa shape index (κ1) is 20.4. The van der Waals surface area contributed by atoms with Gasteiger partial charge in [-0.05, 0) is 53.7 Å². The highest BCUT2D eigenvalue weighted by Gasteiger charge is 2.24. The molecule has 0 aliphatic carbocycles. The van der Waals surface area contributed by atoms with Crippen molar-refractivity contribution in [3.8, 4) is 0 Å². The second-order valence-electron chi connectivity index (χ2n) is 6.27. The Morgan fingerprint density at radius 3 is 2.70 bits per heavy atom. The van der Waals surface area contributed by atoms with Gasteiger partial charge in [-0.1, -0.05) is 35.3 Å². The molecule has 2 aromatic carbocycles. The lowest BCUT2D eigenvalue weighted by Gasteiger charge is -2.06. The summed E-state index contributed by atoms with van der Waals surface area (Å²) in [6.07, 6.45) is 3.32. The van der Waals surface area contributed by atoms with E-state index in [4.69, 9.17) is 23.2 Å². The monoisotopic (exact) mass is 456 g/mol. The Morgan fingerprint density at radius 2 is 1.97 bits per heavy atom. The van der Waals surface area contributed by atoms with Gasteiger partial charge in [-0.2, -0.15) is 0 Å². The minimum Gasteiger partial charge on any atom is -0.355 e. The number of amides is 2. The van der Waals surface area contributed by atoms with E-state index in [-0.39, 0.29) is 11.8 Å². The number of fused-ring (bicyclic) bond motifs is 1. The Bertz CT molecular complexity index is 1240. The second-order valence-corrected chi connectivity index (χ2v) is 8.11. The Morgan fingerprint density at radius 1 is 1.20 bits per heavy atom. The van der Waals surface area contributed by atoms with E-state index in [0.717, 1.165) is 5.56 Å². The average molecular weight is 457 g/mol. The molecule has 1 saturated heterocycles. The number of amidine groups is 1. The van der Waals surface area contributed by atoms with Gasteiger partial charge in [0.2, 0.25) is 0 Å². The van der Waals surface area contributed by atoms with Crippen LogP contribution in [0.5, 0.6) is 0 Å². The number of hydrogen-bond donors (Lipinski definition) is 2. The molecule has 0 bridgehead atoms. The van der Waals surface area contributed by atoms with Crippen molar-refractivity contribution in [2.45, 2.75) is 0 Å². The molecule has 1 aromatic heterocycles. The number of aliphatic imine (C=N–C) groups is 1. The molecule has 2 N–H and O–H groups in total. The number of nitrogens with one attached hydrogen (secondary N) is 2. The fourth-order valence-electron chi connectivity index (χ4n) is 2.92. The maximum absolute atomic E-state index is 12.4. The van der Waals surface area contributed by atoms with Crippen LogP contribution in [-0.2, 0) is 4.79 Å². The third kappa shape index (κ3) is 4.05. The predicted molar refractivity (Wildman–Crippen MR) is 122 cm³/mol. The minimum atomic E-state index is -0.278. The van der Waals surface area contributed by atoms with Crippen LogP contribution >= 0.6 is 35.0 Å². The molecule has 0 spiro atoms. The molecule has 0 radical (unpaired) electrons. The van der Waals surface area contributed by atoms with Crippen molar-refractivity contribution in [3.63, 3.8) is 0 Å². The SMILES string of the molecule is CNC(=O)c1ccnc2ccc(/C=C3/SC(=Nc4c(Cl)cccc4Cl)NC3=O)cc12. The first-order chi connectivity index (χ1) is 14.5. The third-order valence-corrected chi connectivity index (χ3v) is 5.86.